The van der Waals surface area contributed by atoms with Gasteiger partial charge in [0.1, 0.15) is 17.8 Å². The number of Topliss-reactive ketones (excluding diaryl/α,β-unsaturated/α-hetero) is 1. The Bertz CT molecular complexity index is 1020. The number of anilines is 1. The third kappa shape index (κ3) is 5.23. The number of hydrogen-bond donors (Lipinski definition) is 0. The van der Waals surface area contributed by atoms with Gasteiger partial charge in [0.2, 0.25) is 0 Å². The Morgan fingerprint density at radius 2 is 1.78 bits per heavy atom. The van der Waals surface area contributed by atoms with Crippen molar-refractivity contribution in [2.24, 2.45) is 5.92 Å². The number of hydrogen-bond acceptors (Lipinski definition) is 5. The van der Waals surface area contributed by atoms with Crippen molar-refractivity contribution in [3.8, 4) is 0 Å². The maximum absolute atomic E-state index is 13.0. The van der Waals surface area contributed by atoms with Crippen molar-refractivity contribution in [3.05, 3.63) is 72.2 Å². The van der Waals surface area contributed by atoms with E-state index in [-0.39, 0.29) is 5.78 Å². The van der Waals surface area contributed by atoms with Crippen LogP contribution in [0.2, 0.25) is 0 Å². The smallest absolute Gasteiger partial charge is 0.185 e. The van der Waals surface area contributed by atoms with Crippen LogP contribution >= 0.6 is 0 Å². The normalized spacial score (nSPS) is 16.8. The average molecular weight is 430 g/mol. The van der Waals surface area contributed by atoms with Gasteiger partial charge in [-0.15, -0.1) is 0 Å². The van der Waals surface area contributed by atoms with Crippen molar-refractivity contribution in [2.75, 3.05) is 11.4 Å². The summed E-state index contributed by atoms with van der Waals surface area (Å²) >= 11 is 0. The van der Waals surface area contributed by atoms with E-state index < -0.39 is 0 Å². The molecule has 0 atom stereocenters. The molecule has 2 saturated carbocycles. The lowest BCUT2D eigenvalue weighted by molar-refractivity contribution is 0.0988. The first-order valence-electron chi connectivity index (χ1n) is 11.9. The number of aromatic nitrogens is 4. The van der Waals surface area contributed by atoms with E-state index in [1.807, 2.05) is 35.3 Å². The molecule has 0 unspecified atom stereocenters. The molecule has 2 aliphatic carbocycles. The minimum Gasteiger partial charge on any atom is -0.353 e. The predicted molar refractivity (Wildman–Crippen MR) is 125 cm³/mol. The Morgan fingerprint density at radius 3 is 2.50 bits per heavy atom. The molecule has 1 aromatic carbocycles. The van der Waals surface area contributed by atoms with E-state index in [0.717, 1.165) is 30.4 Å². The molecule has 5 rings (SSSR count). The monoisotopic (exact) mass is 429 g/mol. The minimum atomic E-state index is 0.0472. The van der Waals surface area contributed by atoms with Crippen LogP contribution in [0, 0.1) is 5.92 Å². The lowest BCUT2D eigenvalue weighted by Gasteiger charge is -2.35. The second-order valence-electron chi connectivity index (χ2n) is 9.30. The van der Waals surface area contributed by atoms with Gasteiger partial charge >= 0.3 is 0 Å². The van der Waals surface area contributed by atoms with Gasteiger partial charge in [-0.3, -0.25) is 4.79 Å². The zero-order valence-corrected chi connectivity index (χ0v) is 18.6. The second-order valence-corrected chi connectivity index (χ2v) is 9.30. The molecular weight excluding hydrogens is 398 g/mol. The molecule has 166 valence electrons. The third-order valence-electron chi connectivity index (χ3n) is 6.71. The summed E-state index contributed by atoms with van der Waals surface area (Å²) < 4.78 is 2.03. The SMILES string of the molecule is O=C(Cc1ccc(Cn2ccnc2)cc1)c1cc(N(CC2CC2)C2CCCCC2)ncn1. The van der Waals surface area contributed by atoms with Gasteiger partial charge < -0.3 is 9.47 Å². The molecule has 2 heterocycles. The molecular formula is C26H31N5O. The van der Waals surface area contributed by atoms with Crippen LogP contribution in [0.3, 0.4) is 0 Å². The van der Waals surface area contributed by atoms with Crippen molar-refractivity contribution < 1.29 is 4.79 Å². The average Bonchev–Trinajstić information content (AvgIpc) is 3.52. The third-order valence-corrected chi connectivity index (χ3v) is 6.71. The molecule has 6 nitrogen and oxygen atoms in total. The van der Waals surface area contributed by atoms with E-state index in [1.54, 1.807) is 12.5 Å². The van der Waals surface area contributed by atoms with Crippen LogP contribution < -0.4 is 4.90 Å². The lowest BCUT2D eigenvalue weighted by Crippen LogP contribution is -2.39. The topological polar surface area (TPSA) is 63.9 Å². The first kappa shape index (κ1) is 20.9. The van der Waals surface area contributed by atoms with Crippen LogP contribution in [-0.2, 0) is 13.0 Å². The van der Waals surface area contributed by atoms with E-state index in [4.69, 9.17) is 0 Å². The fourth-order valence-corrected chi connectivity index (χ4v) is 4.69. The summed E-state index contributed by atoms with van der Waals surface area (Å²) in [6.07, 6.45) is 16.5. The molecule has 2 aliphatic rings. The molecule has 0 spiro atoms. The van der Waals surface area contributed by atoms with Crippen molar-refractivity contribution in [1.29, 1.82) is 0 Å². The van der Waals surface area contributed by atoms with E-state index in [0.29, 0.717) is 18.2 Å². The number of carbonyl (C=O) groups excluding carboxylic acids is 1. The predicted octanol–water partition coefficient (Wildman–Crippen LogP) is 4.70. The minimum absolute atomic E-state index is 0.0472. The van der Waals surface area contributed by atoms with Crippen molar-refractivity contribution >= 4 is 11.6 Å². The van der Waals surface area contributed by atoms with E-state index in [2.05, 4.69) is 32.0 Å². The highest BCUT2D eigenvalue weighted by Gasteiger charge is 2.30. The Labute approximate surface area is 189 Å². The summed E-state index contributed by atoms with van der Waals surface area (Å²) in [6.45, 7) is 1.84. The van der Waals surface area contributed by atoms with E-state index >= 15 is 0 Å². The Morgan fingerprint density at radius 1 is 1.00 bits per heavy atom. The molecule has 0 radical (unpaired) electrons. The van der Waals surface area contributed by atoms with Crippen LogP contribution in [0.1, 0.15) is 66.6 Å². The summed E-state index contributed by atoms with van der Waals surface area (Å²) in [6, 6.07) is 10.7. The summed E-state index contributed by atoms with van der Waals surface area (Å²) in [5.74, 6) is 1.76. The fraction of sp³-hybridized carbons (Fsp3) is 0.462. The number of rotatable bonds is 9. The van der Waals surface area contributed by atoms with Crippen LogP contribution in [0.5, 0.6) is 0 Å². The van der Waals surface area contributed by atoms with Gasteiger partial charge in [0.05, 0.1) is 6.33 Å². The summed E-state index contributed by atoms with van der Waals surface area (Å²) in [5.41, 5.74) is 2.72. The van der Waals surface area contributed by atoms with Crippen molar-refractivity contribution in [2.45, 2.75) is 64.0 Å². The van der Waals surface area contributed by atoms with Crippen LogP contribution in [0.4, 0.5) is 5.82 Å². The molecule has 0 saturated heterocycles. The molecule has 3 aromatic rings. The molecule has 0 aliphatic heterocycles. The molecule has 0 amide bonds. The quantitative estimate of drug-likeness (QED) is 0.462. The van der Waals surface area contributed by atoms with Gasteiger partial charge in [0.25, 0.3) is 0 Å². The molecule has 0 N–H and O–H groups in total. The highest BCUT2D eigenvalue weighted by Crippen LogP contribution is 2.34. The Balaban J connectivity index is 1.27. The number of ketones is 1. The van der Waals surface area contributed by atoms with Gasteiger partial charge in [0.15, 0.2) is 5.78 Å². The molecule has 2 fully saturated rings. The summed E-state index contributed by atoms with van der Waals surface area (Å²) in [5, 5.41) is 0. The zero-order chi connectivity index (χ0) is 21.8. The number of nitrogens with zero attached hydrogens (tertiary/aromatic N) is 5. The Kier molecular flexibility index (Phi) is 6.28. The maximum atomic E-state index is 13.0. The lowest BCUT2D eigenvalue weighted by atomic mass is 9.94. The summed E-state index contributed by atoms with van der Waals surface area (Å²) in [4.78, 5) is 28.5. The van der Waals surface area contributed by atoms with Gasteiger partial charge in [-0.1, -0.05) is 43.5 Å². The van der Waals surface area contributed by atoms with Crippen molar-refractivity contribution in [3.63, 3.8) is 0 Å². The van der Waals surface area contributed by atoms with Crippen LogP contribution in [0.15, 0.2) is 55.4 Å². The molecule has 32 heavy (non-hydrogen) atoms. The molecule has 0 bridgehead atoms. The number of imidazole rings is 1. The highest BCUT2D eigenvalue weighted by atomic mass is 16.1. The van der Waals surface area contributed by atoms with Gasteiger partial charge in [-0.05, 0) is 42.7 Å². The van der Waals surface area contributed by atoms with Gasteiger partial charge in [0, 0.05) is 44.0 Å². The first-order valence-corrected chi connectivity index (χ1v) is 11.9. The number of benzene rings is 1. The Hall–Kier alpha value is -3.02. The van der Waals surface area contributed by atoms with Crippen molar-refractivity contribution in [1.82, 2.24) is 19.5 Å². The van der Waals surface area contributed by atoms with Crippen LogP contribution in [0.25, 0.3) is 0 Å². The largest absolute Gasteiger partial charge is 0.353 e. The second kappa shape index (κ2) is 9.63. The van der Waals surface area contributed by atoms with E-state index in [1.165, 1.54) is 50.5 Å². The molecule has 6 heteroatoms. The maximum Gasteiger partial charge on any atom is 0.185 e. The van der Waals surface area contributed by atoms with Crippen LogP contribution in [-0.4, -0.2) is 37.9 Å². The molecule has 2 aromatic heterocycles. The fourth-order valence-electron chi connectivity index (χ4n) is 4.69. The van der Waals surface area contributed by atoms with E-state index in [9.17, 15) is 4.79 Å². The standard InChI is InChI=1S/C26H31N5O/c32-25(14-20-6-8-21(9-7-20)16-30-13-12-27-19-30)24-15-26(29-18-28-24)31(17-22-10-11-22)23-4-2-1-3-5-23/h6-9,12-13,15,18-19,22-23H,1-5,10-11,14,16-17H2. The summed E-state index contributed by atoms with van der Waals surface area (Å²) in [7, 11) is 0. The number of carbonyl (C=O) groups is 1. The van der Waals surface area contributed by atoms with Gasteiger partial charge in [-0.2, -0.15) is 0 Å². The van der Waals surface area contributed by atoms with Gasteiger partial charge in [-0.25, -0.2) is 15.0 Å². The zero-order valence-electron chi connectivity index (χ0n) is 18.6. The first-order chi connectivity index (χ1) is 15.7. The highest BCUT2D eigenvalue weighted by molar-refractivity contribution is 5.96.